The molecule has 0 aromatic carbocycles. The van der Waals surface area contributed by atoms with Gasteiger partial charge in [-0.3, -0.25) is 0 Å². The molecule has 0 fully saturated rings. The monoisotopic (exact) mass is 272 g/mol. The molecule has 0 saturated carbocycles. The minimum atomic E-state index is -1.04. The van der Waals surface area contributed by atoms with Crippen molar-refractivity contribution in [3.8, 4) is 0 Å². The van der Waals surface area contributed by atoms with E-state index in [-0.39, 0.29) is 16.3 Å². The molecule has 18 heavy (non-hydrogen) atoms. The van der Waals surface area contributed by atoms with Gasteiger partial charge < -0.3 is 15.2 Å². The van der Waals surface area contributed by atoms with Gasteiger partial charge in [-0.15, -0.1) is 0 Å². The van der Waals surface area contributed by atoms with Crippen LogP contribution in [0.2, 0.25) is 5.15 Å². The average Bonchev–Trinajstić information content (AvgIpc) is 2.26. The minimum Gasteiger partial charge on any atom is -0.478 e. The molecule has 0 aliphatic heterocycles. The fourth-order valence-electron chi connectivity index (χ4n) is 1.46. The van der Waals surface area contributed by atoms with Crippen LogP contribution in [0.25, 0.3) is 0 Å². The van der Waals surface area contributed by atoms with Crippen LogP contribution in [0.1, 0.15) is 31.1 Å². The van der Waals surface area contributed by atoms with Crippen LogP contribution in [-0.4, -0.2) is 34.8 Å². The van der Waals surface area contributed by atoms with Gasteiger partial charge in [0.15, 0.2) is 0 Å². The predicted molar refractivity (Wildman–Crippen MR) is 70.4 cm³/mol. The third-order valence-electron chi connectivity index (χ3n) is 2.27. The molecule has 1 rings (SSSR count). The lowest BCUT2D eigenvalue weighted by Crippen LogP contribution is -2.33. The highest BCUT2D eigenvalue weighted by atomic mass is 35.5. The lowest BCUT2D eigenvalue weighted by molar-refractivity contribution is 0.000641. The third kappa shape index (κ3) is 4.50. The molecule has 100 valence electrons. The van der Waals surface area contributed by atoms with Crippen LogP contribution in [-0.2, 0) is 4.74 Å². The molecule has 1 aromatic heterocycles. The van der Waals surface area contributed by atoms with Crippen molar-refractivity contribution in [3.63, 3.8) is 0 Å². The zero-order valence-corrected chi connectivity index (χ0v) is 11.4. The normalized spacial score (nSPS) is 11.3. The van der Waals surface area contributed by atoms with Gasteiger partial charge in [-0.25, -0.2) is 9.78 Å². The summed E-state index contributed by atoms with van der Waals surface area (Å²) in [7, 11) is 0. The second-order valence-electron chi connectivity index (χ2n) is 4.42. The average molecular weight is 273 g/mol. The topological polar surface area (TPSA) is 71.5 Å². The van der Waals surface area contributed by atoms with Gasteiger partial charge in [-0.05, 0) is 32.9 Å². The Bertz CT molecular complexity index is 435. The molecule has 2 N–H and O–H groups in total. The first kappa shape index (κ1) is 14.7. The maximum Gasteiger partial charge on any atom is 0.335 e. The molecule has 0 aliphatic rings. The van der Waals surface area contributed by atoms with E-state index in [0.29, 0.717) is 19.0 Å². The van der Waals surface area contributed by atoms with Gasteiger partial charge in [-0.2, -0.15) is 0 Å². The van der Waals surface area contributed by atoms with Crippen molar-refractivity contribution in [2.75, 3.05) is 18.5 Å². The molecule has 0 saturated heterocycles. The van der Waals surface area contributed by atoms with E-state index in [0.717, 1.165) is 0 Å². The highest BCUT2D eigenvalue weighted by Gasteiger charge is 2.17. The number of carbonyl (C=O) groups is 1. The molecule has 0 radical (unpaired) electrons. The number of pyridine rings is 1. The number of aromatic nitrogens is 1. The minimum absolute atomic E-state index is 0.103. The van der Waals surface area contributed by atoms with Crippen LogP contribution in [0.4, 0.5) is 5.82 Å². The van der Waals surface area contributed by atoms with E-state index in [4.69, 9.17) is 21.4 Å². The SMILES string of the molecule is CCOC(C)(C)CNc1cc(C(=O)O)cc(Cl)n1. The first-order chi connectivity index (χ1) is 8.34. The van der Waals surface area contributed by atoms with Gasteiger partial charge in [0.25, 0.3) is 0 Å². The van der Waals surface area contributed by atoms with Crippen molar-refractivity contribution in [3.05, 3.63) is 22.8 Å². The summed E-state index contributed by atoms with van der Waals surface area (Å²) in [5.74, 6) is -0.612. The number of anilines is 1. The summed E-state index contributed by atoms with van der Waals surface area (Å²) in [5, 5.41) is 12.1. The smallest absolute Gasteiger partial charge is 0.335 e. The standard InChI is InChI=1S/C12H17ClN2O3/c1-4-18-12(2,3)7-14-10-6-8(11(16)17)5-9(13)15-10/h5-6H,4,7H2,1-3H3,(H,14,15)(H,16,17). The number of hydrogen-bond acceptors (Lipinski definition) is 4. The zero-order valence-electron chi connectivity index (χ0n) is 10.7. The van der Waals surface area contributed by atoms with E-state index >= 15 is 0 Å². The van der Waals surface area contributed by atoms with Crippen molar-refractivity contribution < 1.29 is 14.6 Å². The number of hydrogen-bond donors (Lipinski definition) is 2. The van der Waals surface area contributed by atoms with Gasteiger partial charge in [0, 0.05) is 13.2 Å². The van der Waals surface area contributed by atoms with E-state index < -0.39 is 5.97 Å². The third-order valence-corrected chi connectivity index (χ3v) is 2.46. The Kier molecular flexibility index (Phi) is 4.93. The summed E-state index contributed by atoms with van der Waals surface area (Å²) in [4.78, 5) is 14.9. The van der Waals surface area contributed by atoms with Gasteiger partial charge in [0.1, 0.15) is 11.0 Å². The Morgan fingerprint density at radius 2 is 2.22 bits per heavy atom. The molecule has 0 spiro atoms. The van der Waals surface area contributed by atoms with Crippen molar-refractivity contribution >= 4 is 23.4 Å². The summed E-state index contributed by atoms with van der Waals surface area (Å²) in [6.07, 6.45) is 0. The summed E-state index contributed by atoms with van der Waals surface area (Å²) >= 11 is 5.76. The Labute approximate surface area is 111 Å². The van der Waals surface area contributed by atoms with Crippen LogP contribution in [0.5, 0.6) is 0 Å². The van der Waals surface area contributed by atoms with E-state index in [1.807, 2.05) is 20.8 Å². The van der Waals surface area contributed by atoms with Crippen LogP contribution in [0.3, 0.4) is 0 Å². The number of rotatable bonds is 6. The van der Waals surface area contributed by atoms with E-state index in [2.05, 4.69) is 10.3 Å². The van der Waals surface area contributed by atoms with Crippen molar-refractivity contribution in [2.45, 2.75) is 26.4 Å². The van der Waals surface area contributed by atoms with E-state index in [1.165, 1.54) is 12.1 Å². The highest BCUT2D eigenvalue weighted by molar-refractivity contribution is 6.29. The molecule has 0 aliphatic carbocycles. The molecule has 5 nitrogen and oxygen atoms in total. The second kappa shape index (κ2) is 6.02. The molecule has 1 aromatic rings. The van der Waals surface area contributed by atoms with Crippen LogP contribution >= 0.6 is 11.6 Å². The largest absolute Gasteiger partial charge is 0.478 e. The summed E-state index contributed by atoms with van der Waals surface area (Å²) in [6, 6.07) is 2.75. The maximum atomic E-state index is 10.9. The van der Waals surface area contributed by atoms with E-state index in [1.54, 1.807) is 0 Å². The molecule has 0 amide bonds. The first-order valence-electron chi connectivity index (χ1n) is 5.63. The number of halogens is 1. The van der Waals surface area contributed by atoms with Gasteiger partial charge in [-0.1, -0.05) is 11.6 Å². The van der Waals surface area contributed by atoms with Crippen LogP contribution in [0, 0.1) is 0 Å². The maximum absolute atomic E-state index is 10.9. The highest BCUT2D eigenvalue weighted by Crippen LogP contribution is 2.16. The molecule has 0 unspecified atom stereocenters. The summed E-state index contributed by atoms with van der Waals surface area (Å²) in [6.45, 7) is 6.91. The fourth-order valence-corrected chi connectivity index (χ4v) is 1.66. The summed E-state index contributed by atoms with van der Waals surface area (Å²) < 4.78 is 5.52. The number of aromatic carboxylic acids is 1. The zero-order chi connectivity index (χ0) is 13.8. The van der Waals surface area contributed by atoms with Crippen molar-refractivity contribution in [1.82, 2.24) is 4.98 Å². The van der Waals surface area contributed by atoms with Gasteiger partial charge >= 0.3 is 5.97 Å². The lowest BCUT2D eigenvalue weighted by atomic mass is 10.1. The number of nitrogens with one attached hydrogen (secondary N) is 1. The Hall–Kier alpha value is -1.33. The molecule has 1 heterocycles. The number of ether oxygens (including phenoxy) is 1. The quantitative estimate of drug-likeness (QED) is 0.779. The number of carboxylic acids is 1. The molecule has 0 bridgehead atoms. The molecular formula is C12H17ClN2O3. The number of carboxylic acid groups (broad SMARTS) is 1. The fraction of sp³-hybridized carbons (Fsp3) is 0.500. The van der Waals surface area contributed by atoms with Crippen molar-refractivity contribution in [1.29, 1.82) is 0 Å². The van der Waals surface area contributed by atoms with Gasteiger partial charge in [0.05, 0.1) is 11.2 Å². The molecular weight excluding hydrogens is 256 g/mol. The molecule has 0 atom stereocenters. The van der Waals surface area contributed by atoms with Gasteiger partial charge in [0.2, 0.25) is 0 Å². The predicted octanol–water partition coefficient (Wildman–Crippen LogP) is 2.66. The first-order valence-corrected chi connectivity index (χ1v) is 6.00. The Morgan fingerprint density at radius 1 is 1.56 bits per heavy atom. The van der Waals surface area contributed by atoms with Crippen LogP contribution < -0.4 is 5.32 Å². The second-order valence-corrected chi connectivity index (χ2v) is 4.80. The van der Waals surface area contributed by atoms with Crippen LogP contribution in [0.15, 0.2) is 12.1 Å². The Balaban J connectivity index is 2.76. The summed E-state index contributed by atoms with van der Waals surface area (Å²) in [5.41, 5.74) is -0.256. The number of nitrogens with zero attached hydrogens (tertiary/aromatic N) is 1. The lowest BCUT2D eigenvalue weighted by Gasteiger charge is -2.25. The molecule has 6 heteroatoms. The Morgan fingerprint density at radius 3 is 2.78 bits per heavy atom. The van der Waals surface area contributed by atoms with E-state index in [9.17, 15) is 4.79 Å². The van der Waals surface area contributed by atoms with Crippen molar-refractivity contribution in [2.24, 2.45) is 0 Å².